The van der Waals surface area contributed by atoms with Crippen LogP contribution in [0.4, 0.5) is 8.78 Å². The van der Waals surface area contributed by atoms with Gasteiger partial charge in [-0.1, -0.05) is 23.8 Å². The third kappa shape index (κ3) is 5.84. The summed E-state index contributed by atoms with van der Waals surface area (Å²) in [5.41, 5.74) is -0.429. The molecule has 0 fully saturated rings. The van der Waals surface area contributed by atoms with Crippen molar-refractivity contribution in [1.29, 1.82) is 0 Å². The monoisotopic (exact) mass is 416 g/mol. The van der Waals surface area contributed by atoms with Gasteiger partial charge in [-0.05, 0) is 38.6 Å². The lowest BCUT2D eigenvalue weighted by Crippen LogP contribution is -2.43. The first-order valence-corrected chi connectivity index (χ1v) is 9.74. The molecule has 160 valence electrons. The summed E-state index contributed by atoms with van der Waals surface area (Å²) in [7, 11) is 1.83. The molecule has 0 aliphatic heterocycles. The van der Waals surface area contributed by atoms with Crippen LogP contribution in [0.5, 0.6) is 5.75 Å². The number of nitrogens with zero attached hydrogens (tertiary/aromatic N) is 4. The zero-order valence-corrected chi connectivity index (χ0v) is 17.1. The lowest BCUT2D eigenvalue weighted by atomic mass is 9.92. The average molecular weight is 416 g/mol. The van der Waals surface area contributed by atoms with E-state index in [1.54, 1.807) is 0 Å². The molecule has 0 saturated heterocycles. The fourth-order valence-electron chi connectivity index (χ4n) is 3.35. The van der Waals surface area contributed by atoms with Gasteiger partial charge in [0, 0.05) is 24.7 Å². The van der Waals surface area contributed by atoms with Crippen LogP contribution >= 0.6 is 0 Å². The topological polar surface area (TPSA) is 63.4 Å². The Morgan fingerprint density at radius 3 is 2.60 bits per heavy atom. The smallest absolute Gasteiger partial charge is 0.137 e. The average Bonchev–Trinajstić information content (AvgIpc) is 3.19. The van der Waals surface area contributed by atoms with Gasteiger partial charge in [-0.15, -0.1) is 0 Å². The molecule has 1 heterocycles. The Bertz CT molecular complexity index is 935. The normalized spacial score (nSPS) is 13.4. The van der Waals surface area contributed by atoms with Crippen LogP contribution in [-0.2, 0) is 12.1 Å². The maximum absolute atomic E-state index is 14.5. The second-order valence-corrected chi connectivity index (χ2v) is 7.50. The van der Waals surface area contributed by atoms with E-state index in [0.29, 0.717) is 13.2 Å². The van der Waals surface area contributed by atoms with Gasteiger partial charge < -0.3 is 14.7 Å². The first-order valence-electron chi connectivity index (χ1n) is 9.74. The molecule has 30 heavy (non-hydrogen) atoms. The summed E-state index contributed by atoms with van der Waals surface area (Å²) in [6.45, 7) is 3.26. The van der Waals surface area contributed by atoms with Gasteiger partial charge in [0.05, 0.1) is 13.2 Å². The van der Waals surface area contributed by atoms with Crippen molar-refractivity contribution in [1.82, 2.24) is 19.7 Å². The number of aliphatic hydroxyl groups is 1. The molecular weight excluding hydrogens is 390 g/mol. The van der Waals surface area contributed by atoms with E-state index >= 15 is 0 Å². The lowest BCUT2D eigenvalue weighted by Gasteiger charge is -2.33. The second kappa shape index (κ2) is 9.77. The van der Waals surface area contributed by atoms with E-state index in [0.717, 1.165) is 24.3 Å². The number of aromatic nitrogens is 3. The summed E-state index contributed by atoms with van der Waals surface area (Å²) < 4.78 is 35.0. The number of benzene rings is 2. The highest BCUT2D eigenvalue weighted by molar-refractivity contribution is 5.26. The quantitative estimate of drug-likeness (QED) is 0.515. The Morgan fingerprint density at radius 2 is 1.93 bits per heavy atom. The van der Waals surface area contributed by atoms with Crippen molar-refractivity contribution in [3.63, 3.8) is 0 Å². The number of likely N-dealkylation sites (N-methyl/N-ethyl adjacent to an activating group) is 1. The molecule has 0 amide bonds. The number of rotatable bonds is 10. The number of halogens is 2. The molecule has 0 aliphatic carbocycles. The summed E-state index contributed by atoms with van der Waals surface area (Å²) in [6, 6.07) is 11.0. The zero-order valence-electron chi connectivity index (χ0n) is 17.1. The highest BCUT2D eigenvalue weighted by Crippen LogP contribution is 2.27. The predicted molar refractivity (Wildman–Crippen MR) is 109 cm³/mol. The minimum absolute atomic E-state index is 0.0141. The fourth-order valence-corrected chi connectivity index (χ4v) is 3.35. The van der Waals surface area contributed by atoms with Crippen LogP contribution in [0.1, 0.15) is 17.5 Å². The van der Waals surface area contributed by atoms with E-state index in [2.05, 4.69) is 10.1 Å². The van der Waals surface area contributed by atoms with E-state index < -0.39 is 17.2 Å². The van der Waals surface area contributed by atoms with Crippen molar-refractivity contribution >= 4 is 0 Å². The third-order valence-corrected chi connectivity index (χ3v) is 4.83. The maximum Gasteiger partial charge on any atom is 0.137 e. The largest absolute Gasteiger partial charge is 0.494 e. The van der Waals surface area contributed by atoms with Gasteiger partial charge in [0.25, 0.3) is 0 Å². The molecule has 1 N–H and O–H groups in total. The Hall–Kier alpha value is -2.84. The van der Waals surface area contributed by atoms with E-state index in [1.165, 1.54) is 29.0 Å². The number of hydrogen-bond acceptors (Lipinski definition) is 5. The van der Waals surface area contributed by atoms with Crippen molar-refractivity contribution in [3.8, 4) is 5.75 Å². The Balaban J connectivity index is 1.62. The van der Waals surface area contributed by atoms with Crippen molar-refractivity contribution in [2.24, 2.45) is 0 Å². The summed E-state index contributed by atoms with van der Waals surface area (Å²) in [6.07, 6.45) is 3.51. The SMILES string of the molecule is Cc1ccc(OCCCN(C)CC(O)(Cn2cncn2)c2ccc(F)cc2F)cc1. The van der Waals surface area contributed by atoms with Crippen LogP contribution in [0, 0.1) is 18.6 Å². The fraction of sp³-hybridized carbons (Fsp3) is 0.364. The zero-order chi connectivity index (χ0) is 21.6. The van der Waals surface area contributed by atoms with E-state index in [9.17, 15) is 13.9 Å². The van der Waals surface area contributed by atoms with Crippen molar-refractivity contribution in [2.45, 2.75) is 25.5 Å². The summed E-state index contributed by atoms with van der Waals surface area (Å²) in [5.74, 6) is -0.686. The molecule has 8 heteroatoms. The molecule has 0 aliphatic rings. The van der Waals surface area contributed by atoms with Gasteiger partial charge in [-0.25, -0.2) is 18.4 Å². The van der Waals surface area contributed by atoms with Crippen LogP contribution < -0.4 is 4.74 Å². The number of ether oxygens (including phenoxy) is 1. The van der Waals surface area contributed by atoms with E-state index in [1.807, 2.05) is 43.1 Å². The van der Waals surface area contributed by atoms with Gasteiger partial charge in [-0.2, -0.15) is 5.10 Å². The van der Waals surface area contributed by atoms with E-state index in [4.69, 9.17) is 4.74 Å². The molecular formula is C22H26F2N4O2. The van der Waals surface area contributed by atoms with Gasteiger partial charge >= 0.3 is 0 Å². The van der Waals surface area contributed by atoms with Crippen LogP contribution in [0.3, 0.4) is 0 Å². The highest BCUT2D eigenvalue weighted by Gasteiger charge is 2.34. The van der Waals surface area contributed by atoms with Crippen LogP contribution in [0.25, 0.3) is 0 Å². The molecule has 3 rings (SSSR count). The van der Waals surface area contributed by atoms with Crippen molar-refractivity contribution in [3.05, 3.63) is 77.9 Å². The molecule has 0 bridgehead atoms. The first kappa shape index (κ1) is 21.9. The third-order valence-electron chi connectivity index (χ3n) is 4.83. The van der Waals surface area contributed by atoms with Gasteiger partial charge in [0.2, 0.25) is 0 Å². The first-order chi connectivity index (χ1) is 14.4. The van der Waals surface area contributed by atoms with Crippen molar-refractivity contribution in [2.75, 3.05) is 26.7 Å². The van der Waals surface area contributed by atoms with Gasteiger partial charge in [0.1, 0.15) is 35.6 Å². The second-order valence-electron chi connectivity index (χ2n) is 7.50. The minimum Gasteiger partial charge on any atom is -0.494 e. The van der Waals surface area contributed by atoms with Crippen LogP contribution in [-0.4, -0.2) is 51.5 Å². The van der Waals surface area contributed by atoms with Crippen molar-refractivity contribution < 1.29 is 18.6 Å². The van der Waals surface area contributed by atoms with Gasteiger partial charge in [-0.3, -0.25) is 0 Å². The predicted octanol–water partition coefficient (Wildman–Crippen LogP) is 3.15. The highest BCUT2D eigenvalue weighted by atomic mass is 19.1. The maximum atomic E-state index is 14.5. The molecule has 2 aromatic carbocycles. The minimum atomic E-state index is -1.61. The molecule has 1 aromatic heterocycles. The Labute approximate surface area is 174 Å². The number of aryl methyl sites for hydroxylation is 1. The van der Waals surface area contributed by atoms with Gasteiger partial charge in [0.15, 0.2) is 0 Å². The van der Waals surface area contributed by atoms with Crippen LogP contribution in [0.2, 0.25) is 0 Å². The summed E-state index contributed by atoms with van der Waals surface area (Å²) >= 11 is 0. The molecule has 0 spiro atoms. The molecule has 1 unspecified atom stereocenters. The molecule has 1 atom stereocenters. The molecule has 6 nitrogen and oxygen atoms in total. The molecule has 3 aromatic rings. The molecule has 0 radical (unpaired) electrons. The Kier molecular flexibility index (Phi) is 7.12. The van der Waals surface area contributed by atoms with Crippen LogP contribution in [0.15, 0.2) is 55.1 Å². The Morgan fingerprint density at radius 1 is 1.17 bits per heavy atom. The lowest BCUT2D eigenvalue weighted by molar-refractivity contribution is -0.0165. The molecule has 0 saturated carbocycles. The number of hydrogen-bond donors (Lipinski definition) is 1. The standard InChI is InChI=1S/C22H26F2N4O2/c1-17-4-7-19(8-5-17)30-11-3-10-27(2)13-22(29,14-28-16-25-15-26-28)20-9-6-18(23)12-21(20)24/h4-9,12,15-16,29H,3,10-11,13-14H2,1-2H3. The van der Waals surface area contributed by atoms with E-state index in [-0.39, 0.29) is 18.7 Å². The summed E-state index contributed by atoms with van der Waals surface area (Å²) in [4.78, 5) is 5.75. The summed E-state index contributed by atoms with van der Waals surface area (Å²) in [5, 5.41) is 15.3.